The standard InChI is InChI=1S/C23H28N2O4/c1-4-5-8-14-25(22-24-19-12-6-7-13-20(19)28-22)16-17-10-9-11-18(15-17)29-23(2,3)21(26)27/h6-7,9-13,15H,4-5,8,14,16H2,1-3H3,(H,26,27). The number of fused-ring (bicyclic) bond motifs is 1. The van der Waals surface area contributed by atoms with Gasteiger partial charge in [-0.2, -0.15) is 4.98 Å². The monoisotopic (exact) mass is 396 g/mol. The summed E-state index contributed by atoms with van der Waals surface area (Å²) in [6.07, 6.45) is 3.30. The smallest absolute Gasteiger partial charge is 0.347 e. The molecule has 6 nitrogen and oxygen atoms in total. The van der Waals surface area contributed by atoms with Crippen LogP contribution in [-0.2, 0) is 11.3 Å². The third-order valence-corrected chi connectivity index (χ3v) is 4.74. The van der Waals surface area contributed by atoms with Crippen molar-refractivity contribution in [3.63, 3.8) is 0 Å². The van der Waals surface area contributed by atoms with Crippen LogP contribution in [0.1, 0.15) is 45.6 Å². The lowest BCUT2D eigenvalue weighted by molar-refractivity contribution is -0.152. The molecule has 0 aliphatic rings. The van der Waals surface area contributed by atoms with Crippen LogP contribution in [0, 0.1) is 0 Å². The molecule has 0 radical (unpaired) electrons. The average Bonchev–Trinajstić information content (AvgIpc) is 3.11. The Hall–Kier alpha value is -3.02. The fraction of sp³-hybridized carbons (Fsp3) is 0.391. The number of benzene rings is 2. The maximum Gasteiger partial charge on any atom is 0.347 e. The molecule has 2 aromatic carbocycles. The number of para-hydroxylation sites is 2. The van der Waals surface area contributed by atoms with Crippen molar-refractivity contribution in [3.05, 3.63) is 54.1 Å². The zero-order chi connectivity index (χ0) is 20.9. The van der Waals surface area contributed by atoms with Crippen LogP contribution in [0.25, 0.3) is 11.1 Å². The van der Waals surface area contributed by atoms with Crippen molar-refractivity contribution in [1.29, 1.82) is 0 Å². The normalized spacial score (nSPS) is 11.6. The highest BCUT2D eigenvalue weighted by Gasteiger charge is 2.29. The van der Waals surface area contributed by atoms with Crippen molar-refractivity contribution < 1.29 is 19.1 Å². The molecule has 6 heteroatoms. The first-order valence-corrected chi connectivity index (χ1v) is 10.0. The highest BCUT2D eigenvalue weighted by Crippen LogP contribution is 2.25. The van der Waals surface area contributed by atoms with E-state index in [1.165, 1.54) is 13.8 Å². The van der Waals surface area contributed by atoms with Crippen LogP contribution >= 0.6 is 0 Å². The molecule has 0 aliphatic heterocycles. The minimum absolute atomic E-state index is 0.529. The molecule has 3 rings (SSSR count). The summed E-state index contributed by atoms with van der Waals surface area (Å²) in [6.45, 7) is 6.68. The van der Waals surface area contributed by atoms with Crippen LogP contribution in [0.3, 0.4) is 0 Å². The van der Waals surface area contributed by atoms with E-state index < -0.39 is 11.6 Å². The van der Waals surface area contributed by atoms with Gasteiger partial charge in [-0.05, 0) is 50.1 Å². The molecule has 3 aromatic rings. The quantitative estimate of drug-likeness (QED) is 0.471. The van der Waals surface area contributed by atoms with E-state index in [0.29, 0.717) is 18.3 Å². The minimum atomic E-state index is -1.29. The SMILES string of the molecule is CCCCCN(Cc1cccc(OC(C)(C)C(=O)O)c1)c1nc2ccccc2o1. The van der Waals surface area contributed by atoms with Gasteiger partial charge < -0.3 is 19.2 Å². The minimum Gasteiger partial charge on any atom is -0.478 e. The van der Waals surface area contributed by atoms with E-state index in [-0.39, 0.29) is 0 Å². The molecule has 0 saturated carbocycles. The van der Waals surface area contributed by atoms with Gasteiger partial charge in [-0.15, -0.1) is 0 Å². The largest absolute Gasteiger partial charge is 0.478 e. The lowest BCUT2D eigenvalue weighted by Gasteiger charge is -2.23. The summed E-state index contributed by atoms with van der Waals surface area (Å²) in [5, 5.41) is 9.30. The number of anilines is 1. The third-order valence-electron chi connectivity index (χ3n) is 4.74. The second-order valence-corrected chi connectivity index (χ2v) is 7.66. The van der Waals surface area contributed by atoms with Crippen molar-refractivity contribution in [2.75, 3.05) is 11.4 Å². The topological polar surface area (TPSA) is 75.8 Å². The number of carboxylic acid groups (broad SMARTS) is 1. The lowest BCUT2D eigenvalue weighted by Crippen LogP contribution is -2.37. The third kappa shape index (κ3) is 5.28. The molecule has 0 aliphatic carbocycles. The molecule has 0 fully saturated rings. The van der Waals surface area contributed by atoms with Gasteiger partial charge >= 0.3 is 5.97 Å². The number of hydrogen-bond acceptors (Lipinski definition) is 5. The summed E-state index contributed by atoms with van der Waals surface area (Å²) in [5.74, 6) is -0.475. The second kappa shape index (κ2) is 8.99. The number of oxazole rings is 1. The Morgan fingerprint density at radius 1 is 1.17 bits per heavy atom. The summed E-state index contributed by atoms with van der Waals surface area (Å²) >= 11 is 0. The molecular weight excluding hydrogens is 368 g/mol. The molecular formula is C23H28N2O4. The number of carboxylic acids is 1. The van der Waals surface area contributed by atoms with E-state index in [9.17, 15) is 9.90 Å². The van der Waals surface area contributed by atoms with Crippen LogP contribution in [0.5, 0.6) is 5.75 Å². The molecule has 0 bridgehead atoms. The van der Waals surface area contributed by atoms with Gasteiger partial charge in [0.05, 0.1) is 0 Å². The van der Waals surface area contributed by atoms with Crippen LogP contribution in [0.15, 0.2) is 52.9 Å². The highest BCUT2D eigenvalue weighted by molar-refractivity contribution is 5.76. The maximum absolute atomic E-state index is 11.4. The predicted octanol–water partition coefficient (Wildman–Crippen LogP) is 5.27. The van der Waals surface area contributed by atoms with E-state index in [1.54, 1.807) is 6.07 Å². The lowest BCUT2D eigenvalue weighted by atomic mass is 10.1. The van der Waals surface area contributed by atoms with Crippen molar-refractivity contribution >= 4 is 23.1 Å². The summed E-state index contributed by atoms with van der Waals surface area (Å²) in [6, 6.07) is 15.8. The van der Waals surface area contributed by atoms with Crippen LogP contribution in [0.4, 0.5) is 6.01 Å². The predicted molar refractivity (Wildman–Crippen MR) is 113 cm³/mol. The number of aromatic nitrogens is 1. The van der Waals surface area contributed by atoms with E-state index in [4.69, 9.17) is 9.15 Å². The number of aliphatic carboxylic acids is 1. The van der Waals surface area contributed by atoms with Gasteiger partial charge in [-0.1, -0.05) is 44.0 Å². The van der Waals surface area contributed by atoms with Gasteiger partial charge in [0.1, 0.15) is 11.3 Å². The summed E-state index contributed by atoms with van der Waals surface area (Å²) in [5.41, 5.74) is 1.31. The van der Waals surface area contributed by atoms with Crippen molar-refractivity contribution in [3.8, 4) is 5.75 Å². The first-order valence-electron chi connectivity index (χ1n) is 10.0. The first kappa shape index (κ1) is 20.7. The molecule has 0 atom stereocenters. The van der Waals surface area contributed by atoms with Crippen LogP contribution in [0.2, 0.25) is 0 Å². The van der Waals surface area contributed by atoms with Gasteiger partial charge in [0.2, 0.25) is 0 Å². The first-order chi connectivity index (χ1) is 13.9. The van der Waals surface area contributed by atoms with E-state index in [2.05, 4.69) is 16.8 Å². The molecule has 1 aromatic heterocycles. The second-order valence-electron chi connectivity index (χ2n) is 7.66. The van der Waals surface area contributed by atoms with Crippen molar-refractivity contribution in [2.45, 2.75) is 52.2 Å². The molecule has 0 spiro atoms. The van der Waals surface area contributed by atoms with Gasteiger partial charge in [-0.25, -0.2) is 4.79 Å². The number of ether oxygens (including phenoxy) is 1. The zero-order valence-corrected chi connectivity index (χ0v) is 17.2. The summed E-state index contributed by atoms with van der Waals surface area (Å²) < 4.78 is 11.7. The van der Waals surface area contributed by atoms with Crippen molar-refractivity contribution in [2.24, 2.45) is 0 Å². The fourth-order valence-electron chi connectivity index (χ4n) is 3.06. The Morgan fingerprint density at radius 3 is 2.69 bits per heavy atom. The molecule has 29 heavy (non-hydrogen) atoms. The molecule has 154 valence electrons. The Bertz CT molecular complexity index is 931. The van der Waals surface area contributed by atoms with E-state index in [1.807, 2.05) is 42.5 Å². The van der Waals surface area contributed by atoms with Crippen molar-refractivity contribution in [1.82, 2.24) is 4.98 Å². The molecule has 0 unspecified atom stereocenters. The summed E-state index contributed by atoms with van der Waals surface area (Å²) in [4.78, 5) is 18.1. The molecule has 1 N–H and O–H groups in total. The van der Waals surface area contributed by atoms with Gasteiger partial charge in [0.25, 0.3) is 6.01 Å². The highest BCUT2D eigenvalue weighted by atomic mass is 16.5. The number of carbonyl (C=O) groups is 1. The number of unbranched alkanes of at least 4 members (excludes halogenated alkanes) is 2. The van der Waals surface area contributed by atoms with E-state index >= 15 is 0 Å². The maximum atomic E-state index is 11.4. The summed E-state index contributed by atoms with van der Waals surface area (Å²) in [7, 11) is 0. The van der Waals surface area contributed by atoms with E-state index in [0.717, 1.165) is 42.5 Å². The fourth-order valence-corrected chi connectivity index (χ4v) is 3.06. The van der Waals surface area contributed by atoms with Gasteiger partial charge in [0, 0.05) is 13.1 Å². The van der Waals surface area contributed by atoms with Gasteiger partial charge in [-0.3, -0.25) is 0 Å². The molecule has 0 saturated heterocycles. The Morgan fingerprint density at radius 2 is 1.97 bits per heavy atom. The molecule has 0 amide bonds. The number of nitrogens with zero attached hydrogens (tertiary/aromatic N) is 2. The average molecular weight is 396 g/mol. The Labute approximate surface area is 171 Å². The number of rotatable bonds is 10. The van der Waals surface area contributed by atoms with Crippen LogP contribution in [-0.4, -0.2) is 28.2 Å². The molecule has 1 heterocycles. The van der Waals surface area contributed by atoms with Gasteiger partial charge in [0.15, 0.2) is 11.2 Å². The zero-order valence-electron chi connectivity index (χ0n) is 17.2. The Balaban J connectivity index is 1.82. The Kier molecular flexibility index (Phi) is 6.42. The number of hydrogen-bond donors (Lipinski definition) is 1. The van der Waals surface area contributed by atoms with Crippen LogP contribution < -0.4 is 9.64 Å².